The molecule has 0 radical (unpaired) electrons. The van der Waals surface area contributed by atoms with Crippen LogP contribution in [0.5, 0.6) is 0 Å². The van der Waals surface area contributed by atoms with Gasteiger partial charge in [0.15, 0.2) is 11.9 Å². The van der Waals surface area contributed by atoms with Crippen LogP contribution in [-0.2, 0) is 23.7 Å². The van der Waals surface area contributed by atoms with Crippen molar-refractivity contribution in [1.29, 1.82) is 0 Å². The van der Waals surface area contributed by atoms with Crippen LogP contribution < -0.4 is 44.2 Å². The Balaban J connectivity index is 1.36. The number of amides is 4. The molecule has 4 rings (SSSR count). The summed E-state index contributed by atoms with van der Waals surface area (Å²) in [6.45, 7) is 0.690. The Morgan fingerprint density at radius 1 is 0.583 bits per heavy atom. The fourth-order valence-electron chi connectivity index (χ4n) is 4.85. The third kappa shape index (κ3) is 9.84. The molecule has 0 spiro atoms. The summed E-state index contributed by atoms with van der Waals surface area (Å²) < 4.78 is 3.24. The molecule has 2 heterocycles. The van der Waals surface area contributed by atoms with Crippen LogP contribution in [0.25, 0.3) is 10.8 Å². The number of hydrogen-bond acceptors (Lipinski definition) is 6. The molecule has 2 aromatic heterocycles. The largest absolute Gasteiger partial charge is 0.370 e. The second-order valence-electron chi connectivity index (χ2n) is 11.1. The van der Waals surface area contributed by atoms with Crippen molar-refractivity contribution in [3.05, 3.63) is 72.3 Å². The average Bonchev–Trinajstić information content (AvgIpc) is 3.57. The highest BCUT2D eigenvalue weighted by molar-refractivity contribution is 6.07. The normalized spacial score (nSPS) is 10.6. The summed E-state index contributed by atoms with van der Waals surface area (Å²) >= 11 is 0. The van der Waals surface area contributed by atoms with Gasteiger partial charge in [-0.05, 0) is 60.0 Å². The van der Waals surface area contributed by atoms with Crippen molar-refractivity contribution >= 4 is 69.1 Å². The minimum Gasteiger partial charge on any atom is -0.370 e. The number of rotatable bonds is 14. The first kappa shape index (κ1) is 34.6. The van der Waals surface area contributed by atoms with E-state index < -0.39 is 0 Å². The molecular weight excluding hydrogens is 616 g/mol. The fraction of sp³-hybridized carbons (Fsp3) is 0.250. The van der Waals surface area contributed by atoms with Gasteiger partial charge in [0.05, 0.1) is 11.4 Å². The van der Waals surface area contributed by atoms with E-state index in [1.54, 1.807) is 72.0 Å². The van der Waals surface area contributed by atoms with Crippen LogP contribution in [0.3, 0.4) is 0 Å². The Morgan fingerprint density at radius 3 is 1.40 bits per heavy atom. The van der Waals surface area contributed by atoms with Crippen molar-refractivity contribution in [3.8, 4) is 0 Å². The van der Waals surface area contributed by atoms with Gasteiger partial charge in [-0.3, -0.25) is 29.2 Å². The Hall–Kier alpha value is -6.32. The van der Waals surface area contributed by atoms with Crippen LogP contribution in [0, 0.1) is 0 Å². The first-order valence-corrected chi connectivity index (χ1v) is 15.1. The molecule has 48 heavy (non-hydrogen) atoms. The molecule has 4 aromatic rings. The first-order chi connectivity index (χ1) is 22.9. The number of hydrogen-bond donors (Lipinski definition) is 8. The predicted molar refractivity (Wildman–Crippen MR) is 188 cm³/mol. The number of fused-ring (bicyclic) bond motifs is 1. The Kier molecular flexibility index (Phi) is 11.4. The van der Waals surface area contributed by atoms with Crippen LogP contribution in [0.2, 0.25) is 0 Å². The van der Waals surface area contributed by atoms with E-state index in [-0.39, 0.29) is 48.4 Å². The van der Waals surface area contributed by atoms with E-state index in [2.05, 4.69) is 31.3 Å². The lowest BCUT2D eigenvalue weighted by atomic mass is 10.1. The molecule has 0 unspecified atom stereocenters. The highest BCUT2D eigenvalue weighted by Crippen LogP contribution is 2.25. The lowest BCUT2D eigenvalue weighted by Gasteiger charge is -2.10. The SMILES string of the molecule is Cn1cc(NC(=O)CCCN=C(N)N)cc1C(=O)Nc1ccc2ccc(NC(=O)c3cc(NC(=O)CCCN=C(N)N)cn3C)cc2c1. The van der Waals surface area contributed by atoms with Crippen molar-refractivity contribution in [1.82, 2.24) is 9.13 Å². The minimum atomic E-state index is -0.366. The maximum atomic E-state index is 13.1. The van der Waals surface area contributed by atoms with E-state index in [0.29, 0.717) is 60.1 Å². The summed E-state index contributed by atoms with van der Waals surface area (Å²) in [5.74, 6) is -1.22. The van der Waals surface area contributed by atoms with Crippen LogP contribution >= 0.6 is 0 Å². The smallest absolute Gasteiger partial charge is 0.272 e. The zero-order chi connectivity index (χ0) is 34.8. The van der Waals surface area contributed by atoms with Gasteiger partial charge in [0.1, 0.15) is 11.4 Å². The van der Waals surface area contributed by atoms with E-state index in [0.717, 1.165) is 10.8 Å². The Bertz CT molecular complexity index is 1750. The van der Waals surface area contributed by atoms with E-state index >= 15 is 0 Å². The van der Waals surface area contributed by atoms with Gasteiger partial charge < -0.3 is 53.3 Å². The van der Waals surface area contributed by atoms with Gasteiger partial charge >= 0.3 is 0 Å². The first-order valence-electron chi connectivity index (χ1n) is 15.1. The molecule has 4 amide bonds. The van der Waals surface area contributed by atoms with Gasteiger partial charge in [-0.1, -0.05) is 12.1 Å². The monoisotopic (exact) mass is 656 g/mol. The van der Waals surface area contributed by atoms with Gasteiger partial charge in [0, 0.05) is 63.8 Å². The molecule has 0 bridgehead atoms. The lowest BCUT2D eigenvalue weighted by Crippen LogP contribution is -2.23. The number of anilines is 4. The highest BCUT2D eigenvalue weighted by atomic mass is 16.2. The maximum absolute atomic E-state index is 13.1. The molecule has 0 aliphatic carbocycles. The number of aliphatic imine (C=N–C) groups is 2. The number of nitrogens with zero attached hydrogens (tertiary/aromatic N) is 4. The number of carbonyl (C=O) groups is 4. The number of benzene rings is 2. The Morgan fingerprint density at radius 2 is 1.00 bits per heavy atom. The summed E-state index contributed by atoms with van der Waals surface area (Å²) in [4.78, 5) is 58.5. The number of nitrogens with one attached hydrogen (secondary N) is 4. The predicted octanol–water partition coefficient (Wildman–Crippen LogP) is 2.01. The molecule has 0 fully saturated rings. The number of aromatic nitrogens is 2. The molecule has 0 aliphatic rings. The molecule has 12 N–H and O–H groups in total. The third-order valence-electron chi connectivity index (χ3n) is 7.11. The van der Waals surface area contributed by atoms with E-state index in [1.165, 1.54) is 0 Å². The van der Waals surface area contributed by atoms with Crippen molar-refractivity contribution in [2.24, 2.45) is 47.0 Å². The van der Waals surface area contributed by atoms with Crippen molar-refractivity contribution in [3.63, 3.8) is 0 Å². The molecule has 252 valence electrons. The number of aryl methyl sites for hydroxylation is 2. The van der Waals surface area contributed by atoms with Crippen LogP contribution in [0.4, 0.5) is 22.7 Å². The molecule has 0 saturated heterocycles. The standard InChI is InChI=1S/C32H40N12O4/c1-43-17-23(39-27(45)5-3-11-37-31(33)34)15-25(43)29(47)41-21-9-7-19-8-10-22(14-20(19)13-21)42-30(48)26-16-24(18-44(26)2)40-28(46)6-4-12-38-32(35)36/h7-10,13-18H,3-6,11-12H2,1-2H3,(H,39,45)(H,40,46)(H,41,47)(H,42,48)(H4,33,34,37)(H4,35,36,38). The summed E-state index contributed by atoms with van der Waals surface area (Å²) in [5.41, 5.74) is 23.9. The highest BCUT2D eigenvalue weighted by Gasteiger charge is 2.16. The van der Waals surface area contributed by atoms with Gasteiger partial charge in [0.25, 0.3) is 11.8 Å². The van der Waals surface area contributed by atoms with Gasteiger partial charge in [-0.15, -0.1) is 0 Å². The minimum absolute atomic E-state index is 0.0241. The topological polar surface area (TPSA) is 255 Å². The second kappa shape index (κ2) is 15.8. The zero-order valence-corrected chi connectivity index (χ0v) is 26.7. The van der Waals surface area contributed by atoms with E-state index in [4.69, 9.17) is 22.9 Å². The second-order valence-corrected chi connectivity index (χ2v) is 11.1. The third-order valence-corrected chi connectivity index (χ3v) is 7.11. The lowest BCUT2D eigenvalue weighted by molar-refractivity contribution is -0.117. The summed E-state index contributed by atoms with van der Waals surface area (Å²) in [5, 5.41) is 13.0. The Labute approximate surface area is 276 Å². The molecule has 0 atom stereocenters. The van der Waals surface area contributed by atoms with Crippen LogP contribution in [0.1, 0.15) is 46.7 Å². The fourth-order valence-corrected chi connectivity index (χ4v) is 4.85. The van der Waals surface area contributed by atoms with Gasteiger partial charge in [0.2, 0.25) is 11.8 Å². The molecule has 16 nitrogen and oxygen atoms in total. The van der Waals surface area contributed by atoms with Crippen molar-refractivity contribution in [2.75, 3.05) is 34.4 Å². The van der Waals surface area contributed by atoms with E-state index in [1.807, 2.05) is 12.1 Å². The maximum Gasteiger partial charge on any atom is 0.272 e. The van der Waals surface area contributed by atoms with Gasteiger partial charge in [-0.2, -0.15) is 0 Å². The van der Waals surface area contributed by atoms with E-state index in [9.17, 15) is 19.2 Å². The van der Waals surface area contributed by atoms with Crippen LogP contribution in [-0.4, -0.2) is 57.8 Å². The summed E-state index contributed by atoms with van der Waals surface area (Å²) in [6, 6.07) is 14.1. The summed E-state index contributed by atoms with van der Waals surface area (Å²) in [7, 11) is 3.42. The molecule has 0 aliphatic heterocycles. The number of nitrogens with two attached hydrogens (primary N) is 4. The molecular formula is C32H40N12O4. The molecule has 16 heteroatoms. The number of carbonyl (C=O) groups excluding carboxylic acids is 4. The molecule has 0 saturated carbocycles. The van der Waals surface area contributed by atoms with Crippen LogP contribution in [0.15, 0.2) is 70.9 Å². The quantitative estimate of drug-likeness (QED) is 0.0564. The summed E-state index contributed by atoms with van der Waals surface area (Å²) in [6.07, 6.45) is 4.71. The van der Waals surface area contributed by atoms with Gasteiger partial charge in [-0.25, -0.2) is 0 Å². The average molecular weight is 657 g/mol. The van der Waals surface area contributed by atoms with Crippen molar-refractivity contribution in [2.45, 2.75) is 25.7 Å². The molecule has 2 aromatic carbocycles. The number of guanidine groups is 2. The van der Waals surface area contributed by atoms with Crippen molar-refractivity contribution < 1.29 is 19.2 Å². The zero-order valence-electron chi connectivity index (χ0n) is 26.7.